The molecule has 6 nitrogen and oxygen atoms in total. The molecule has 2 fully saturated rings. The van der Waals surface area contributed by atoms with Crippen LogP contribution in [-0.4, -0.2) is 47.5 Å². The average Bonchev–Trinajstić information content (AvgIpc) is 3.39. The van der Waals surface area contributed by atoms with Gasteiger partial charge in [0.2, 0.25) is 5.91 Å². The second kappa shape index (κ2) is 7.40. The zero-order chi connectivity index (χ0) is 17.9. The predicted molar refractivity (Wildman–Crippen MR) is 101 cm³/mol. The van der Waals surface area contributed by atoms with Crippen LogP contribution in [-0.2, 0) is 11.2 Å². The van der Waals surface area contributed by atoms with Crippen LogP contribution < -0.4 is 10.6 Å². The number of hydrogen-bond donors (Lipinski definition) is 3. The number of likely N-dealkylation sites (tertiary alicyclic amines) is 1. The first kappa shape index (κ1) is 16.9. The topological polar surface area (TPSA) is 77.2 Å². The first-order chi connectivity index (χ1) is 12.7. The Hall–Kier alpha value is -2.50. The summed E-state index contributed by atoms with van der Waals surface area (Å²) in [4.78, 5) is 29.8. The third kappa shape index (κ3) is 3.84. The van der Waals surface area contributed by atoms with Crippen molar-refractivity contribution in [2.75, 3.05) is 19.6 Å². The van der Waals surface area contributed by atoms with Gasteiger partial charge < -0.3 is 20.5 Å². The van der Waals surface area contributed by atoms with Gasteiger partial charge in [0.05, 0.1) is 5.92 Å². The number of urea groups is 1. The number of carbonyl (C=O) groups is 2. The van der Waals surface area contributed by atoms with E-state index in [-0.39, 0.29) is 17.9 Å². The molecule has 0 bridgehead atoms. The van der Waals surface area contributed by atoms with Gasteiger partial charge in [-0.2, -0.15) is 0 Å². The van der Waals surface area contributed by atoms with E-state index in [1.54, 1.807) is 4.90 Å². The number of benzene rings is 1. The molecule has 0 radical (unpaired) electrons. The van der Waals surface area contributed by atoms with Crippen LogP contribution in [0.1, 0.15) is 31.2 Å². The zero-order valence-corrected chi connectivity index (χ0v) is 15.0. The lowest BCUT2D eigenvalue weighted by molar-refractivity contribution is -0.126. The number of piperidine rings is 1. The Morgan fingerprint density at radius 2 is 2.04 bits per heavy atom. The number of rotatable bonds is 5. The van der Waals surface area contributed by atoms with Crippen LogP contribution in [0, 0.1) is 5.92 Å². The van der Waals surface area contributed by atoms with Crippen molar-refractivity contribution in [1.29, 1.82) is 0 Å². The minimum absolute atomic E-state index is 0.0104. The fraction of sp³-hybridized carbons (Fsp3) is 0.500. The molecule has 4 rings (SSSR count). The molecule has 138 valence electrons. The number of nitrogens with one attached hydrogen (secondary N) is 3. The van der Waals surface area contributed by atoms with Gasteiger partial charge in [-0.05, 0) is 43.7 Å². The molecular formula is C20H26N4O2. The number of para-hydroxylation sites is 1. The van der Waals surface area contributed by atoms with Gasteiger partial charge in [0.25, 0.3) is 0 Å². The van der Waals surface area contributed by atoms with Crippen molar-refractivity contribution in [2.45, 2.75) is 38.1 Å². The quantitative estimate of drug-likeness (QED) is 0.771. The number of carbonyl (C=O) groups excluding carboxylic acids is 2. The van der Waals surface area contributed by atoms with Crippen LogP contribution in [0.2, 0.25) is 0 Å². The Bertz CT molecular complexity index is 796. The number of aromatic nitrogens is 1. The van der Waals surface area contributed by atoms with Gasteiger partial charge in [0.1, 0.15) is 0 Å². The van der Waals surface area contributed by atoms with Crippen molar-refractivity contribution in [3.05, 3.63) is 36.0 Å². The maximum Gasteiger partial charge on any atom is 0.317 e. The zero-order valence-electron chi connectivity index (χ0n) is 15.0. The van der Waals surface area contributed by atoms with Crippen molar-refractivity contribution in [3.63, 3.8) is 0 Å². The number of nitrogens with zero attached hydrogens (tertiary/aromatic N) is 1. The molecule has 1 aliphatic carbocycles. The lowest BCUT2D eigenvalue weighted by atomic mass is 9.97. The van der Waals surface area contributed by atoms with Crippen molar-refractivity contribution in [3.8, 4) is 0 Å². The van der Waals surface area contributed by atoms with Gasteiger partial charge >= 0.3 is 6.03 Å². The number of fused-ring (bicyclic) bond motifs is 1. The molecule has 1 aliphatic heterocycles. The summed E-state index contributed by atoms with van der Waals surface area (Å²) < 4.78 is 0. The summed E-state index contributed by atoms with van der Waals surface area (Å²) in [6.07, 6.45) is 6.72. The van der Waals surface area contributed by atoms with Crippen molar-refractivity contribution in [1.82, 2.24) is 20.5 Å². The molecule has 0 spiro atoms. The summed E-state index contributed by atoms with van der Waals surface area (Å²) in [6.45, 7) is 1.89. The second-order valence-electron chi connectivity index (χ2n) is 7.41. The summed E-state index contributed by atoms with van der Waals surface area (Å²) in [5.41, 5.74) is 2.34. The molecule has 26 heavy (non-hydrogen) atoms. The fourth-order valence-corrected chi connectivity index (χ4v) is 3.67. The number of hydrogen-bond acceptors (Lipinski definition) is 2. The Kier molecular flexibility index (Phi) is 4.82. The summed E-state index contributed by atoms with van der Waals surface area (Å²) in [5.74, 6) is -0.0366. The summed E-state index contributed by atoms with van der Waals surface area (Å²) >= 11 is 0. The predicted octanol–water partition coefficient (Wildman–Crippen LogP) is 2.41. The molecule has 1 saturated heterocycles. The Morgan fingerprint density at radius 3 is 2.88 bits per heavy atom. The van der Waals surface area contributed by atoms with Crippen LogP contribution in [0.3, 0.4) is 0 Å². The van der Waals surface area contributed by atoms with Gasteiger partial charge in [-0.3, -0.25) is 4.79 Å². The molecule has 1 saturated carbocycles. The maximum absolute atomic E-state index is 12.5. The third-order valence-electron chi connectivity index (χ3n) is 5.35. The normalized spacial score (nSPS) is 20.2. The molecule has 2 heterocycles. The molecule has 1 aromatic heterocycles. The first-order valence-corrected chi connectivity index (χ1v) is 9.59. The van der Waals surface area contributed by atoms with Crippen molar-refractivity contribution < 1.29 is 9.59 Å². The standard InChI is InChI=1S/C20H26N4O2/c25-19(15-4-3-11-24(13-15)20(26)23-16-7-8-16)21-10-9-14-12-22-18-6-2-1-5-17(14)18/h1-2,5-6,12,15-16,22H,3-4,7-11,13H2,(H,21,25)(H,23,26). The highest BCUT2D eigenvalue weighted by Gasteiger charge is 2.31. The van der Waals surface area contributed by atoms with E-state index < -0.39 is 0 Å². The van der Waals surface area contributed by atoms with Crippen molar-refractivity contribution in [2.24, 2.45) is 5.92 Å². The van der Waals surface area contributed by atoms with Gasteiger partial charge in [0.15, 0.2) is 0 Å². The molecule has 3 N–H and O–H groups in total. The highest BCUT2D eigenvalue weighted by atomic mass is 16.2. The number of amides is 3. The molecule has 3 amide bonds. The highest BCUT2D eigenvalue weighted by Crippen LogP contribution is 2.21. The Balaban J connectivity index is 1.26. The van der Waals surface area contributed by atoms with Crippen LogP contribution >= 0.6 is 0 Å². The monoisotopic (exact) mass is 354 g/mol. The van der Waals surface area contributed by atoms with E-state index in [1.807, 2.05) is 18.3 Å². The maximum atomic E-state index is 12.5. The van der Waals surface area contributed by atoms with Crippen LogP contribution in [0.15, 0.2) is 30.5 Å². The van der Waals surface area contributed by atoms with Gasteiger partial charge in [-0.25, -0.2) is 4.79 Å². The SMILES string of the molecule is O=C(NCCc1c[nH]c2ccccc12)C1CCCN(C(=O)NC2CC2)C1. The van der Waals surface area contributed by atoms with Gasteiger partial charge in [-0.1, -0.05) is 18.2 Å². The van der Waals surface area contributed by atoms with E-state index >= 15 is 0 Å². The van der Waals surface area contributed by atoms with Crippen LogP contribution in [0.4, 0.5) is 4.79 Å². The lowest BCUT2D eigenvalue weighted by Crippen LogP contribution is -2.49. The Morgan fingerprint density at radius 1 is 1.19 bits per heavy atom. The molecule has 6 heteroatoms. The smallest absolute Gasteiger partial charge is 0.317 e. The Labute approximate surface area is 153 Å². The molecule has 1 atom stereocenters. The fourth-order valence-electron chi connectivity index (χ4n) is 3.67. The summed E-state index contributed by atoms with van der Waals surface area (Å²) in [6, 6.07) is 8.54. The number of aromatic amines is 1. The minimum Gasteiger partial charge on any atom is -0.361 e. The van der Waals surface area contributed by atoms with E-state index in [9.17, 15) is 9.59 Å². The lowest BCUT2D eigenvalue weighted by Gasteiger charge is -2.32. The molecule has 2 aromatic rings. The first-order valence-electron chi connectivity index (χ1n) is 9.59. The van der Waals surface area contributed by atoms with Gasteiger partial charge in [0, 0.05) is 42.8 Å². The molecule has 1 unspecified atom stereocenters. The molecule has 1 aromatic carbocycles. The highest BCUT2D eigenvalue weighted by molar-refractivity contribution is 5.83. The van der Waals surface area contributed by atoms with Gasteiger partial charge in [-0.15, -0.1) is 0 Å². The van der Waals surface area contributed by atoms with E-state index in [2.05, 4.69) is 27.8 Å². The average molecular weight is 354 g/mol. The minimum atomic E-state index is -0.100. The van der Waals surface area contributed by atoms with Crippen LogP contribution in [0.5, 0.6) is 0 Å². The van der Waals surface area contributed by atoms with E-state index in [0.717, 1.165) is 44.2 Å². The third-order valence-corrected chi connectivity index (χ3v) is 5.35. The van der Waals surface area contributed by atoms with E-state index in [4.69, 9.17) is 0 Å². The summed E-state index contributed by atoms with van der Waals surface area (Å²) in [5, 5.41) is 7.28. The number of H-pyrrole nitrogens is 1. The largest absolute Gasteiger partial charge is 0.361 e. The van der Waals surface area contributed by atoms with E-state index in [1.165, 1.54) is 10.9 Å². The molecular weight excluding hydrogens is 328 g/mol. The van der Waals surface area contributed by atoms with Crippen molar-refractivity contribution >= 4 is 22.8 Å². The van der Waals surface area contributed by atoms with Crippen LogP contribution in [0.25, 0.3) is 10.9 Å². The van der Waals surface area contributed by atoms with E-state index in [0.29, 0.717) is 19.1 Å². The summed E-state index contributed by atoms with van der Waals surface area (Å²) in [7, 11) is 0. The molecule has 2 aliphatic rings. The second-order valence-corrected chi connectivity index (χ2v) is 7.41.